The van der Waals surface area contributed by atoms with E-state index >= 15 is 0 Å². The first kappa shape index (κ1) is 18.7. The predicted molar refractivity (Wildman–Crippen MR) is 104 cm³/mol. The summed E-state index contributed by atoms with van der Waals surface area (Å²) in [7, 11) is 1.81. The molecule has 1 aromatic rings. The van der Waals surface area contributed by atoms with Gasteiger partial charge in [0, 0.05) is 25.3 Å². The average Bonchev–Trinajstić information content (AvgIpc) is 3.10. The monoisotopic (exact) mass is 357 g/mol. The summed E-state index contributed by atoms with van der Waals surface area (Å²) in [4.78, 5) is 29.3. The third-order valence-corrected chi connectivity index (χ3v) is 5.66. The summed E-state index contributed by atoms with van der Waals surface area (Å²) in [5.74, 6) is 0.00583. The number of anilines is 1. The van der Waals surface area contributed by atoms with Crippen molar-refractivity contribution in [1.82, 2.24) is 10.2 Å². The van der Waals surface area contributed by atoms with Crippen molar-refractivity contribution in [3.8, 4) is 0 Å². The van der Waals surface area contributed by atoms with Crippen LogP contribution in [0.2, 0.25) is 0 Å². The number of likely N-dealkylation sites (N-methyl/N-ethyl adjacent to an activating group) is 1. The SMILES string of the molecule is Cc1cc(C)cc(N(C)C(=O)C2CCCN2C(=O)NC2CCCCC2)c1. The van der Waals surface area contributed by atoms with Crippen molar-refractivity contribution in [3.63, 3.8) is 0 Å². The third-order valence-electron chi connectivity index (χ3n) is 5.66. The fourth-order valence-electron chi connectivity index (χ4n) is 4.27. The molecular weight excluding hydrogens is 326 g/mol. The minimum Gasteiger partial charge on any atom is -0.335 e. The summed E-state index contributed by atoms with van der Waals surface area (Å²) in [6.45, 7) is 4.73. The van der Waals surface area contributed by atoms with Gasteiger partial charge in [0.25, 0.3) is 0 Å². The number of rotatable bonds is 3. The Morgan fingerprint density at radius 2 is 1.65 bits per heavy atom. The molecule has 1 aromatic carbocycles. The van der Waals surface area contributed by atoms with Crippen molar-refractivity contribution in [2.75, 3.05) is 18.5 Å². The lowest BCUT2D eigenvalue weighted by Gasteiger charge is -2.31. The quantitative estimate of drug-likeness (QED) is 0.895. The number of carbonyl (C=O) groups is 2. The summed E-state index contributed by atoms with van der Waals surface area (Å²) in [6.07, 6.45) is 7.37. The topological polar surface area (TPSA) is 52.7 Å². The maximum atomic E-state index is 13.1. The number of aryl methyl sites for hydroxylation is 2. The van der Waals surface area contributed by atoms with E-state index in [2.05, 4.69) is 11.4 Å². The van der Waals surface area contributed by atoms with E-state index in [0.717, 1.165) is 42.5 Å². The molecule has 1 saturated heterocycles. The van der Waals surface area contributed by atoms with Crippen LogP contribution in [-0.4, -0.2) is 42.5 Å². The van der Waals surface area contributed by atoms with Gasteiger partial charge in [-0.25, -0.2) is 4.79 Å². The zero-order valence-electron chi connectivity index (χ0n) is 16.3. The minimum absolute atomic E-state index is 0.00583. The third kappa shape index (κ3) is 4.19. The zero-order valence-corrected chi connectivity index (χ0v) is 16.3. The lowest BCUT2D eigenvalue weighted by Crippen LogP contribution is -2.52. The maximum absolute atomic E-state index is 13.1. The molecule has 2 fully saturated rings. The molecule has 3 amide bonds. The molecule has 0 bridgehead atoms. The lowest BCUT2D eigenvalue weighted by atomic mass is 9.96. The highest BCUT2D eigenvalue weighted by atomic mass is 16.2. The average molecular weight is 357 g/mol. The van der Waals surface area contributed by atoms with E-state index in [1.165, 1.54) is 19.3 Å². The molecule has 0 aromatic heterocycles. The van der Waals surface area contributed by atoms with Gasteiger partial charge in [-0.1, -0.05) is 25.3 Å². The van der Waals surface area contributed by atoms with Crippen LogP contribution < -0.4 is 10.2 Å². The molecular formula is C21H31N3O2. The fraction of sp³-hybridized carbons (Fsp3) is 0.619. The number of urea groups is 1. The van der Waals surface area contributed by atoms with Crippen molar-refractivity contribution in [2.45, 2.75) is 70.9 Å². The van der Waals surface area contributed by atoms with Gasteiger partial charge in [-0.2, -0.15) is 0 Å². The van der Waals surface area contributed by atoms with E-state index in [9.17, 15) is 9.59 Å². The molecule has 0 spiro atoms. The van der Waals surface area contributed by atoms with Gasteiger partial charge in [-0.15, -0.1) is 0 Å². The Bertz CT molecular complexity index is 647. The Balaban J connectivity index is 1.68. The van der Waals surface area contributed by atoms with Gasteiger partial charge in [-0.05, 0) is 62.8 Å². The molecule has 5 heteroatoms. The number of benzene rings is 1. The van der Waals surface area contributed by atoms with Crippen LogP contribution in [0.3, 0.4) is 0 Å². The molecule has 1 aliphatic heterocycles. The van der Waals surface area contributed by atoms with Gasteiger partial charge >= 0.3 is 6.03 Å². The molecule has 3 rings (SSSR count). The molecule has 1 aliphatic carbocycles. The van der Waals surface area contributed by atoms with Crippen molar-refractivity contribution < 1.29 is 9.59 Å². The van der Waals surface area contributed by atoms with Crippen LogP contribution in [-0.2, 0) is 4.79 Å². The first-order chi connectivity index (χ1) is 12.5. The first-order valence-corrected chi connectivity index (χ1v) is 9.88. The number of hydrogen-bond acceptors (Lipinski definition) is 2. The number of carbonyl (C=O) groups excluding carboxylic acids is 2. The highest BCUT2D eigenvalue weighted by molar-refractivity contribution is 5.99. The lowest BCUT2D eigenvalue weighted by molar-refractivity contribution is -0.121. The minimum atomic E-state index is -0.357. The molecule has 2 aliphatic rings. The summed E-state index contributed by atoms with van der Waals surface area (Å²) in [5, 5.41) is 3.16. The van der Waals surface area contributed by atoms with E-state index in [1.807, 2.05) is 33.0 Å². The molecule has 1 atom stereocenters. The zero-order chi connectivity index (χ0) is 18.7. The summed E-state index contributed by atoms with van der Waals surface area (Å²) in [5.41, 5.74) is 3.17. The van der Waals surface area contributed by atoms with Gasteiger partial charge in [0.15, 0.2) is 0 Å². The summed E-state index contributed by atoms with van der Waals surface area (Å²) >= 11 is 0. The van der Waals surface area contributed by atoms with Gasteiger partial charge in [0.05, 0.1) is 0 Å². The highest BCUT2D eigenvalue weighted by Crippen LogP contribution is 2.25. The second-order valence-corrected chi connectivity index (χ2v) is 7.88. The first-order valence-electron chi connectivity index (χ1n) is 9.88. The number of nitrogens with one attached hydrogen (secondary N) is 1. The Labute approximate surface area is 156 Å². The van der Waals surface area contributed by atoms with Crippen LogP contribution >= 0.6 is 0 Å². The largest absolute Gasteiger partial charge is 0.335 e. The molecule has 26 heavy (non-hydrogen) atoms. The van der Waals surface area contributed by atoms with Crippen LogP contribution in [0.4, 0.5) is 10.5 Å². The smallest absolute Gasteiger partial charge is 0.318 e. The van der Waals surface area contributed by atoms with Crippen LogP contribution in [0, 0.1) is 13.8 Å². The van der Waals surface area contributed by atoms with Crippen molar-refractivity contribution in [2.24, 2.45) is 0 Å². The Hall–Kier alpha value is -2.04. The van der Waals surface area contributed by atoms with Gasteiger partial charge < -0.3 is 15.1 Å². The molecule has 5 nitrogen and oxygen atoms in total. The predicted octanol–water partition coefficient (Wildman–Crippen LogP) is 3.77. The van der Waals surface area contributed by atoms with E-state index in [-0.39, 0.29) is 24.0 Å². The molecule has 1 unspecified atom stereocenters. The van der Waals surface area contributed by atoms with E-state index in [0.29, 0.717) is 6.54 Å². The molecule has 1 N–H and O–H groups in total. The normalized spacial score (nSPS) is 20.9. The van der Waals surface area contributed by atoms with Crippen LogP contribution in [0.25, 0.3) is 0 Å². The Morgan fingerprint density at radius 3 is 2.31 bits per heavy atom. The van der Waals surface area contributed by atoms with Crippen molar-refractivity contribution >= 4 is 17.6 Å². The number of likely N-dealkylation sites (tertiary alicyclic amines) is 1. The standard InChI is InChI=1S/C21H31N3O2/c1-15-12-16(2)14-18(13-15)23(3)20(25)19-10-7-11-24(19)21(26)22-17-8-5-4-6-9-17/h12-14,17,19H,4-11H2,1-3H3,(H,22,26). The van der Waals surface area contributed by atoms with E-state index in [4.69, 9.17) is 0 Å². The molecule has 1 saturated carbocycles. The summed E-state index contributed by atoms with van der Waals surface area (Å²) in [6, 6.07) is 5.98. The molecule has 142 valence electrons. The van der Waals surface area contributed by atoms with Crippen molar-refractivity contribution in [1.29, 1.82) is 0 Å². The Kier molecular flexibility index (Phi) is 5.84. The Morgan fingerprint density at radius 1 is 1.00 bits per heavy atom. The second kappa shape index (κ2) is 8.11. The fourth-order valence-corrected chi connectivity index (χ4v) is 4.27. The van der Waals surface area contributed by atoms with E-state index in [1.54, 1.807) is 9.80 Å². The van der Waals surface area contributed by atoms with Gasteiger partial charge in [-0.3, -0.25) is 4.79 Å². The second-order valence-electron chi connectivity index (χ2n) is 7.88. The van der Waals surface area contributed by atoms with Crippen molar-refractivity contribution in [3.05, 3.63) is 29.3 Å². The molecule has 1 heterocycles. The maximum Gasteiger partial charge on any atom is 0.318 e. The van der Waals surface area contributed by atoms with Crippen LogP contribution in [0.1, 0.15) is 56.1 Å². The van der Waals surface area contributed by atoms with E-state index < -0.39 is 0 Å². The van der Waals surface area contributed by atoms with Gasteiger partial charge in [0.2, 0.25) is 5.91 Å². The number of nitrogens with zero attached hydrogens (tertiary/aromatic N) is 2. The van der Waals surface area contributed by atoms with Crippen LogP contribution in [0.5, 0.6) is 0 Å². The number of hydrogen-bond donors (Lipinski definition) is 1. The highest BCUT2D eigenvalue weighted by Gasteiger charge is 2.36. The van der Waals surface area contributed by atoms with Crippen LogP contribution in [0.15, 0.2) is 18.2 Å². The summed E-state index contributed by atoms with van der Waals surface area (Å²) < 4.78 is 0. The molecule has 0 radical (unpaired) electrons. The van der Waals surface area contributed by atoms with Gasteiger partial charge in [0.1, 0.15) is 6.04 Å². The number of amides is 3.